The highest BCUT2D eigenvalue weighted by Crippen LogP contribution is 2.21. The number of hydrogen-bond acceptors (Lipinski definition) is 4. The monoisotopic (exact) mass is 368 g/mol. The van der Waals surface area contributed by atoms with Crippen LogP contribution in [0.15, 0.2) is 30.5 Å². The number of anilines is 1. The van der Waals surface area contributed by atoms with E-state index in [2.05, 4.69) is 63.9 Å². The first-order valence-corrected chi connectivity index (χ1v) is 10.5. The summed E-state index contributed by atoms with van der Waals surface area (Å²) in [6, 6.07) is 9.16. The first kappa shape index (κ1) is 17.6. The van der Waals surface area contributed by atoms with Crippen molar-refractivity contribution in [3.8, 4) is 0 Å². The lowest BCUT2D eigenvalue weighted by Gasteiger charge is -2.28. The van der Waals surface area contributed by atoms with Gasteiger partial charge in [-0.25, -0.2) is 4.98 Å². The van der Waals surface area contributed by atoms with Crippen LogP contribution in [0.5, 0.6) is 0 Å². The number of thiazole rings is 1. The molecule has 0 saturated carbocycles. The van der Waals surface area contributed by atoms with E-state index < -0.39 is 0 Å². The van der Waals surface area contributed by atoms with Crippen molar-refractivity contribution < 1.29 is 0 Å². The normalized spacial score (nSPS) is 15.1. The summed E-state index contributed by atoms with van der Waals surface area (Å²) >= 11 is 1.76. The third-order valence-corrected chi connectivity index (χ3v) is 6.18. The van der Waals surface area contributed by atoms with Crippen LogP contribution in [0.3, 0.4) is 0 Å². The van der Waals surface area contributed by atoms with E-state index in [9.17, 15) is 0 Å². The smallest absolute Gasteiger partial charge is 0.194 e. The summed E-state index contributed by atoms with van der Waals surface area (Å²) in [5.74, 6) is 0. The molecule has 1 fully saturated rings. The second-order valence-electron chi connectivity index (χ2n) is 7.28. The molecule has 138 valence electrons. The van der Waals surface area contributed by atoms with E-state index in [1.54, 1.807) is 11.3 Å². The summed E-state index contributed by atoms with van der Waals surface area (Å²) in [7, 11) is 0. The Bertz CT molecular complexity index is 856. The van der Waals surface area contributed by atoms with Gasteiger partial charge in [0, 0.05) is 36.4 Å². The van der Waals surface area contributed by atoms with Crippen LogP contribution in [-0.4, -0.2) is 29.0 Å². The molecule has 1 aromatic carbocycles. The zero-order valence-electron chi connectivity index (χ0n) is 15.8. The number of imidazole rings is 1. The topological polar surface area (TPSA) is 32.6 Å². The van der Waals surface area contributed by atoms with Gasteiger partial charge in [-0.05, 0) is 63.8 Å². The lowest BCUT2D eigenvalue weighted by atomic mass is 10.1. The molecule has 0 aliphatic carbocycles. The molecule has 0 spiro atoms. The molecule has 0 amide bonds. The van der Waals surface area contributed by atoms with Crippen LogP contribution in [0.25, 0.3) is 4.96 Å². The fraction of sp³-hybridized carbons (Fsp3) is 0.476. The molecular weight excluding hydrogens is 340 g/mol. The Hall–Kier alpha value is -1.85. The quantitative estimate of drug-likeness (QED) is 0.657. The van der Waals surface area contributed by atoms with Gasteiger partial charge in [0.25, 0.3) is 0 Å². The molecule has 1 aliphatic heterocycles. The maximum absolute atomic E-state index is 4.66. The predicted octanol–water partition coefficient (Wildman–Crippen LogP) is 4.34. The molecule has 0 bridgehead atoms. The largest absolute Gasteiger partial charge is 0.372 e. The van der Waals surface area contributed by atoms with E-state index in [0.717, 1.165) is 30.2 Å². The Morgan fingerprint density at radius 2 is 1.85 bits per heavy atom. The van der Waals surface area contributed by atoms with E-state index in [0.29, 0.717) is 0 Å². The number of nitrogens with zero attached hydrogens (tertiary/aromatic N) is 3. The first-order chi connectivity index (χ1) is 12.7. The average Bonchev–Trinajstić information content (AvgIpc) is 3.15. The number of aryl methyl sites for hydroxylation is 2. The summed E-state index contributed by atoms with van der Waals surface area (Å²) in [5.41, 5.74) is 5.20. The van der Waals surface area contributed by atoms with E-state index in [1.165, 1.54) is 54.2 Å². The van der Waals surface area contributed by atoms with Crippen molar-refractivity contribution in [3.63, 3.8) is 0 Å². The van der Waals surface area contributed by atoms with E-state index in [4.69, 9.17) is 0 Å². The molecule has 5 heteroatoms. The van der Waals surface area contributed by atoms with Crippen molar-refractivity contribution in [1.29, 1.82) is 0 Å². The Morgan fingerprint density at radius 3 is 2.62 bits per heavy atom. The minimum atomic E-state index is 0.870. The standard InChI is InChI=1S/C21H28N4S/c1-16-15-25-20(17(2)23-21(25)26-16)14-22-11-10-18-6-8-19(9-7-18)24-12-4-3-5-13-24/h6-9,15,22H,3-5,10-14H2,1-2H3. The van der Waals surface area contributed by atoms with Gasteiger partial charge in [0.1, 0.15) is 0 Å². The minimum absolute atomic E-state index is 0.870. The molecule has 0 unspecified atom stereocenters. The average molecular weight is 369 g/mol. The van der Waals surface area contributed by atoms with Crippen LogP contribution < -0.4 is 10.2 Å². The predicted molar refractivity (Wildman–Crippen MR) is 110 cm³/mol. The number of piperidine rings is 1. The molecule has 1 aliphatic rings. The number of benzene rings is 1. The van der Waals surface area contributed by atoms with Crippen molar-refractivity contribution in [2.45, 2.75) is 46.1 Å². The van der Waals surface area contributed by atoms with Gasteiger partial charge in [-0.2, -0.15) is 0 Å². The summed E-state index contributed by atoms with van der Waals surface area (Å²) in [4.78, 5) is 9.59. The highest BCUT2D eigenvalue weighted by atomic mass is 32.1. The lowest BCUT2D eigenvalue weighted by Crippen LogP contribution is -2.29. The lowest BCUT2D eigenvalue weighted by molar-refractivity contribution is 0.578. The molecular formula is C21H28N4S. The fourth-order valence-corrected chi connectivity index (χ4v) is 4.68. The van der Waals surface area contributed by atoms with Crippen molar-refractivity contribution in [1.82, 2.24) is 14.7 Å². The molecule has 0 atom stereocenters. The van der Waals surface area contributed by atoms with Gasteiger partial charge in [-0.3, -0.25) is 4.40 Å². The third-order valence-electron chi connectivity index (χ3n) is 5.28. The maximum atomic E-state index is 4.66. The summed E-state index contributed by atoms with van der Waals surface area (Å²) < 4.78 is 2.23. The third kappa shape index (κ3) is 3.79. The van der Waals surface area contributed by atoms with Crippen molar-refractivity contribution >= 4 is 22.0 Å². The maximum Gasteiger partial charge on any atom is 0.194 e. The van der Waals surface area contributed by atoms with E-state index in [1.807, 2.05) is 0 Å². The highest BCUT2D eigenvalue weighted by Gasteiger charge is 2.11. The summed E-state index contributed by atoms with van der Waals surface area (Å²) in [6.45, 7) is 8.52. The van der Waals surface area contributed by atoms with Crippen molar-refractivity contribution in [2.75, 3.05) is 24.5 Å². The van der Waals surface area contributed by atoms with Crippen molar-refractivity contribution in [2.24, 2.45) is 0 Å². The summed E-state index contributed by atoms with van der Waals surface area (Å²) in [6.07, 6.45) is 7.29. The Labute approximate surface area is 159 Å². The molecule has 0 radical (unpaired) electrons. The number of nitrogens with one attached hydrogen (secondary N) is 1. The van der Waals surface area contributed by atoms with E-state index >= 15 is 0 Å². The second kappa shape index (κ2) is 7.80. The van der Waals surface area contributed by atoms with Gasteiger partial charge in [0.15, 0.2) is 4.96 Å². The molecule has 1 saturated heterocycles. The van der Waals surface area contributed by atoms with Crippen molar-refractivity contribution in [3.05, 3.63) is 52.3 Å². The number of rotatable bonds is 6. The van der Waals surface area contributed by atoms with Gasteiger partial charge < -0.3 is 10.2 Å². The Kier molecular flexibility index (Phi) is 5.27. The molecule has 2 aromatic heterocycles. The highest BCUT2D eigenvalue weighted by molar-refractivity contribution is 7.17. The van der Waals surface area contributed by atoms with Gasteiger partial charge in [-0.1, -0.05) is 12.1 Å². The number of fused-ring (bicyclic) bond motifs is 1. The zero-order chi connectivity index (χ0) is 17.9. The molecule has 4 rings (SSSR count). The van der Waals surface area contributed by atoms with Gasteiger partial charge in [0.05, 0.1) is 11.4 Å². The van der Waals surface area contributed by atoms with Crippen LogP contribution in [-0.2, 0) is 13.0 Å². The fourth-order valence-electron chi connectivity index (χ4n) is 3.79. The SMILES string of the molecule is Cc1cn2c(CNCCc3ccc(N4CCCCC4)cc3)c(C)nc2s1. The van der Waals surface area contributed by atoms with Gasteiger partial charge >= 0.3 is 0 Å². The van der Waals surface area contributed by atoms with Crippen LogP contribution in [0.1, 0.15) is 41.1 Å². The van der Waals surface area contributed by atoms with Crippen LogP contribution in [0, 0.1) is 13.8 Å². The molecule has 26 heavy (non-hydrogen) atoms. The van der Waals surface area contributed by atoms with Crippen LogP contribution >= 0.6 is 11.3 Å². The Morgan fingerprint density at radius 1 is 1.08 bits per heavy atom. The minimum Gasteiger partial charge on any atom is -0.372 e. The second-order valence-corrected chi connectivity index (χ2v) is 8.49. The molecule has 3 aromatic rings. The molecule has 4 nitrogen and oxygen atoms in total. The van der Waals surface area contributed by atoms with E-state index in [-0.39, 0.29) is 0 Å². The first-order valence-electron chi connectivity index (χ1n) is 9.69. The number of aromatic nitrogens is 2. The number of hydrogen-bond donors (Lipinski definition) is 1. The van der Waals surface area contributed by atoms with Crippen LogP contribution in [0.4, 0.5) is 5.69 Å². The molecule has 1 N–H and O–H groups in total. The van der Waals surface area contributed by atoms with Crippen LogP contribution in [0.2, 0.25) is 0 Å². The molecule has 3 heterocycles. The van der Waals surface area contributed by atoms with Gasteiger partial charge in [0.2, 0.25) is 0 Å². The Balaban J connectivity index is 1.29. The van der Waals surface area contributed by atoms with Gasteiger partial charge in [-0.15, -0.1) is 11.3 Å². The zero-order valence-corrected chi connectivity index (χ0v) is 16.6. The summed E-state index contributed by atoms with van der Waals surface area (Å²) in [5, 5.41) is 3.59.